The highest BCUT2D eigenvalue weighted by Crippen LogP contribution is 2.56. The van der Waals surface area contributed by atoms with Crippen molar-refractivity contribution in [1.82, 2.24) is 0 Å². The lowest BCUT2D eigenvalue weighted by Crippen LogP contribution is -2.46. The van der Waals surface area contributed by atoms with Crippen molar-refractivity contribution in [3.63, 3.8) is 0 Å². The predicted molar refractivity (Wildman–Crippen MR) is 103 cm³/mol. The molecule has 0 aliphatic heterocycles. The Hall–Kier alpha value is -2.74. The molecule has 0 aromatic heterocycles. The van der Waals surface area contributed by atoms with Gasteiger partial charge >= 0.3 is 0 Å². The third-order valence-electron chi connectivity index (χ3n) is 6.69. The topological polar surface area (TPSA) is 34.1 Å². The molecule has 3 aliphatic carbocycles. The average Bonchev–Trinajstić information content (AvgIpc) is 2.71. The SMILES string of the molecule is O=c1c2c(c1=O)[C@H]1CCc3ccccc3C1=C1c3ccccc3CC[C@H]12. The van der Waals surface area contributed by atoms with Gasteiger partial charge in [-0.2, -0.15) is 0 Å². The lowest BCUT2D eigenvalue weighted by molar-refractivity contribution is 0.637. The number of allylic oxidation sites excluding steroid dienone is 2. The van der Waals surface area contributed by atoms with Gasteiger partial charge in [0.1, 0.15) is 0 Å². The van der Waals surface area contributed by atoms with E-state index in [-0.39, 0.29) is 22.7 Å². The predicted octanol–water partition coefficient (Wildman–Crippen LogP) is 3.97. The van der Waals surface area contributed by atoms with Gasteiger partial charge in [-0.3, -0.25) is 9.59 Å². The van der Waals surface area contributed by atoms with E-state index in [1.54, 1.807) is 0 Å². The number of rotatable bonds is 0. The molecule has 3 aromatic rings. The third-order valence-corrected chi connectivity index (χ3v) is 6.69. The molecule has 0 amide bonds. The first-order valence-corrected chi connectivity index (χ1v) is 9.49. The molecule has 2 nitrogen and oxygen atoms in total. The van der Waals surface area contributed by atoms with E-state index in [1.165, 1.54) is 33.4 Å². The van der Waals surface area contributed by atoms with Crippen LogP contribution in [0.2, 0.25) is 0 Å². The van der Waals surface area contributed by atoms with E-state index >= 15 is 0 Å². The summed E-state index contributed by atoms with van der Waals surface area (Å²) in [4.78, 5) is 24.9. The Morgan fingerprint density at radius 2 is 1.04 bits per heavy atom. The number of benzene rings is 2. The summed E-state index contributed by atoms with van der Waals surface area (Å²) in [5, 5.41) is 0. The first kappa shape index (κ1) is 14.4. The van der Waals surface area contributed by atoms with E-state index < -0.39 is 0 Å². The Labute approximate surface area is 151 Å². The zero-order valence-corrected chi connectivity index (χ0v) is 14.4. The maximum Gasteiger partial charge on any atom is 0.230 e. The maximum absolute atomic E-state index is 12.5. The lowest BCUT2D eigenvalue weighted by atomic mass is 9.60. The van der Waals surface area contributed by atoms with Crippen LogP contribution in [-0.2, 0) is 12.8 Å². The molecule has 26 heavy (non-hydrogen) atoms. The van der Waals surface area contributed by atoms with Crippen molar-refractivity contribution in [2.45, 2.75) is 37.5 Å². The van der Waals surface area contributed by atoms with Gasteiger partial charge in [-0.1, -0.05) is 48.5 Å². The van der Waals surface area contributed by atoms with Gasteiger partial charge in [0.2, 0.25) is 10.9 Å². The molecular formula is C24H18O2. The fraction of sp³-hybridized carbons (Fsp3) is 0.250. The summed E-state index contributed by atoms with van der Waals surface area (Å²) in [6.07, 6.45) is 3.82. The summed E-state index contributed by atoms with van der Waals surface area (Å²) in [5.41, 5.74) is 9.20. The Bertz CT molecular complexity index is 1090. The van der Waals surface area contributed by atoms with Gasteiger partial charge in [-0.05, 0) is 59.1 Å². The fourth-order valence-electron chi connectivity index (χ4n) is 5.63. The summed E-state index contributed by atoms with van der Waals surface area (Å²) < 4.78 is 0. The monoisotopic (exact) mass is 338 g/mol. The highest BCUT2D eigenvalue weighted by Gasteiger charge is 2.45. The second-order valence-electron chi connectivity index (χ2n) is 7.81. The first-order chi connectivity index (χ1) is 12.8. The number of aryl methyl sites for hydroxylation is 2. The van der Waals surface area contributed by atoms with Crippen LogP contribution in [0.3, 0.4) is 0 Å². The summed E-state index contributed by atoms with van der Waals surface area (Å²) in [7, 11) is 0. The summed E-state index contributed by atoms with van der Waals surface area (Å²) in [6, 6.07) is 17.2. The van der Waals surface area contributed by atoms with Gasteiger partial charge in [0.05, 0.1) is 0 Å². The molecule has 0 fully saturated rings. The van der Waals surface area contributed by atoms with Crippen LogP contribution in [0.4, 0.5) is 0 Å². The van der Waals surface area contributed by atoms with Crippen LogP contribution in [0.25, 0.3) is 11.1 Å². The Kier molecular flexibility index (Phi) is 2.73. The van der Waals surface area contributed by atoms with Crippen molar-refractivity contribution in [1.29, 1.82) is 0 Å². The lowest BCUT2D eigenvalue weighted by Gasteiger charge is -2.42. The van der Waals surface area contributed by atoms with Crippen molar-refractivity contribution >= 4 is 11.1 Å². The summed E-state index contributed by atoms with van der Waals surface area (Å²) in [6.45, 7) is 0. The number of fused-ring (bicyclic) bond motifs is 9. The van der Waals surface area contributed by atoms with Crippen molar-refractivity contribution in [3.8, 4) is 0 Å². The average molecular weight is 338 g/mol. The van der Waals surface area contributed by atoms with E-state index in [1.807, 2.05) is 0 Å². The van der Waals surface area contributed by atoms with Crippen LogP contribution >= 0.6 is 0 Å². The second-order valence-corrected chi connectivity index (χ2v) is 7.81. The standard InChI is InChI=1S/C24H18O2/c25-23-21-17-11-9-13-5-1-3-7-15(13)19(17)20-16-8-4-2-6-14(16)10-12-18(20)22(21)24(23)26/h1-8,17-18H,9-12H2/t17-,18+. The first-order valence-electron chi connectivity index (χ1n) is 9.49. The van der Waals surface area contributed by atoms with Crippen LogP contribution in [-0.4, -0.2) is 0 Å². The molecule has 0 heterocycles. The third kappa shape index (κ3) is 1.63. The van der Waals surface area contributed by atoms with Crippen molar-refractivity contribution in [2.75, 3.05) is 0 Å². The minimum atomic E-state index is -0.222. The molecule has 0 spiro atoms. The summed E-state index contributed by atoms with van der Waals surface area (Å²) in [5.74, 6) is 0.199. The highest BCUT2D eigenvalue weighted by atomic mass is 16.2. The zero-order valence-electron chi connectivity index (χ0n) is 14.4. The van der Waals surface area contributed by atoms with Crippen molar-refractivity contribution in [3.05, 3.63) is 102 Å². The van der Waals surface area contributed by atoms with E-state index in [4.69, 9.17) is 0 Å². The molecule has 3 aromatic carbocycles. The minimum absolute atomic E-state index is 0.0995. The van der Waals surface area contributed by atoms with Gasteiger partial charge in [0.15, 0.2) is 0 Å². The Balaban J connectivity index is 1.74. The molecule has 3 aliphatic rings. The van der Waals surface area contributed by atoms with Crippen LogP contribution in [0.1, 0.15) is 58.1 Å². The van der Waals surface area contributed by atoms with Crippen LogP contribution in [0.15, 0.2) is 58.1 Å². The van der Waals surface area contributed by atoms with E-state index in [9.17, 15) is 9.59 Å². The summed E-state index contributed by atoms with van der Waals surface area (Å²) >= 11 is 0. The molecular weight excluding hydrogens is 320 g/mol. The molecule has 0 saturated heterocycles. The number of hydrogen-bond donors (Lipinski definition) is 0. The van der Waals surface area contributed by atoms with Crippen molar-refractivity contribution in [2.24, 2.45) is 0 Å². The molecule has 2 atom stereocenters. The van der Waals surface area contributed by atoms with E-state index in [0.29, 0.717) is 0 Å². The van der Waals surface area contributed by atoms with Crippen molar-refractivity contribution < 1.29 is 0 Å². The Morgan fingerprint density at radius 1 is 0.615 bits per heavy atom. The molecule has 126 valence electrons. The van der Waals surface area contributed by atoms with E-state index in [0.717, 1.165) is 36.8 Å². The van der Waals surface area contributed by atoms with Crippen LogP contribution < -0.4 is 10.9 Å². The largest absolute Gasteiger partial charge is 0.285 e. The molecule has 0 unspecified atom stereocenters. The molecule has 2 heteroatoms. The highest BCUT2D eigenvalue weighted by molar-refractivity contribution is 6.01. The van der Waals surface area contributed by atoms with Gasteiger partial charge in [-0.15, -0.1) is 0 Å². The van der Waals surface area contributed by atoms with E-state index in [2.05, 4.69) is 48.5 Å². The molecule has 0 saturated carbocycles. The molecule has 0 bridgehead atoms. The zero-order chi connectivity index (χ0) is 17.4. The normalized spacial score (nSPS) is 22.9. The van der Waals surface area contributed by atoms with Gasteiger partial charge in [0.25, 0.3) is 0 Å². The minimum Gasteiger partial charge on any atom is -0.285 e. The Morgan fingerprint density at radius 3 is 1.50 bits per heavy atom. The smallest absolute Gasteiger partial charge is 0.230 e. The molecule has 0 radical (unpaired) electrons. The number of hydrogen-bond acceptors (Lipinski definition) is 2. The molecule has 0 N–H and O–H groups in total. The van der Waals surface area contributed by atoms with Gasteiger partial charge < -0.3 is 0 Å². The van der Waals surface area contributed by atoms with Gasteiger partial charge in [-0.25, -0.2) is 0 Å². The maximum atomic E-state index is 12.5. The second kappa shape index (κ2) is 4.91. The fourth-order valence-corrected chi connectivity index (χ4v) is 5.63. The quantitative estimate of drug-likeness (QED) is 0.581. The van der Waals surface area contributed by atoms with Crippen LogP contribution in [0.5, 0.6) is 0 Å². The molecule has 6 rings (SSSR count). The van der Waals surface area contributed by atoms with Crippen LogP contribution in [0, 0.1) is 0 Å². The van der Waals surface area contributed by atoms with Gasteiger partial charge in [0, 0.05) is 23.0 Å².